The molecule has 18 heavy (non-hydrogen) atoms. The normalized spacial score (nSPS) is 12.5. The topological polar surface area (TPSA) is 58.4 Å². The monoisotopic (exact) mass is 249 g/mol. The SMILES string of the molecule is Cc1ccc(C(=O)NC(C)CCN(C)C)c(N)c1. The van der Waals surface area contributed by atoms with E-state index in [0.29, 0.717) is 11.3 Å². The third-order valence-corrected chi connectivity index (χ3v) is 2.84. The maximum Gasteiger partial charge on any atom is 0.253 e. The van der Waals surface area contributed by atoms with Crippen LogP contribution in [0.15, 0.2) is 18.2 Å². The second kappa shape index (κ2) is 6.40. The number of rotatable bonds is 5. The van der Waals surface area contributed by atoms with Crippen molar-refractivity contribution in [3.8, 4) is 0 Å². The first-order valence-electron chi connectivity index (χ1n) is 6.22. The van der Waals surface area contributed by atoms with Gasteiger partial charge in [-0.2, -0.15) is 0 Å². The maximum atomic E-state index is 12.0. The van der Waals surface area contributed by atoms with Gasteiger partial charge in [0.15, 0.2) is 0 Å². The predicted octanol–water partition coefficient (Wildman–Crippen LogP) is 1.65. The second-order valence-corrected chi connectivity index (χ2v) is 5.06. The summed E-state index contributed by atoms with van der Waals surface area (Å²) in [5.74, 6) is -0.0984. The minimum absolute atomic E-state index is 0.0984. The highest BCUT2D eigenvalue weighted by atomic mass is 16.1. The number of amides is 1. The van der Waals surface area contributed by atoms with Gasteiger partial charge in [0, 0.05) is 11.7 Å². The van der Waals surface area contributed by atoms with Gasteiger partial charge in [0.2, 0.25) is 0 Å². The Bertz CT molecular complexity index is 416. The molecule has 1 rings (SSSR count). The van der Waals surface area contributed by atoms with Crippen molar-refractivity contribution >= 4 is 11.6 Å². The zero-order valence-electron chi connectivity index (χ0n) is 11.7. The Morgan fingerprint density at radius 3 is 2.67 bits per heavy atom. The van der Waals surface area contributed by atoms with Gasteiger partial charge in [0.25, 0.3) is 5.91 Å². The van der Waals surface area contributed by atoms with Gasteiger partial charge in [0.1, 0.15) is 0 Å². The van der Waals surface area contributed by atoms with Crippen LogP contribution in [0.3, 0.4) is 0 Å². The molecule has 1 aromatic rings. The molecule has 1 aromatic carbocycles. The van der Waals surface area contributed by atoms with Crippen molar-refractivity contribution in [3.05, 3.63) is 29.3 Å². The molecule has 0 heterocycles. The molecule has 0 bridgehead atoms. The molecule has 4 nitrogen and oxygen atoms in total. The fourth-order valence-electron chi connectivity index (χ4n) is 1.71. The summed E-state index contributed by atoms with van der Waals surface area (Å²) >= 11 is 0. The molecular weight excluding hydrogens is 226 g/mol. The third-order valence-electron chi connectivity index (χ3n) is 2.84. The summed E-state index contributed by atoms with van der Waals surface area (Å²) in [6.07, 6.45) is 0.921. The molecule has 100 valence electrons. The van der Waals surface area contributed by atoms with E-state index in [9.17, 15) is 4.79 Å². The zero-order valence-corrected chi connectivity index (χ0v) is 11.7. The lowest BCUT2D eigenvalue weighted by Gasteiger charge is -2.17. The van der Waals surface area contributed by atoms with Crippen LogP contribution < -0.4 is 11.1 Å². The molecule has 0 aliphatic carbocycles. The number of hydrogen-bond acceptors (Lipinski definition) is 3. The highest BCUT2D eigenvalue weighted by Crippen LogP contribution is 2.13. The van der Waals surface area contributed by atoms with Gasteiger partial charge in [-0.15, -0.1) is 0 Å². The molecule has 0 fully saturated rings. The van der Waals surface area contributed by atoms with Crippen molar-refractivity contribution in [3.63, 3.8) is 0 Å². The quantitative estimate of drug-likeness (QED) is 0.780. The molecule has 1 atom stereocenters. The number of carbonyl (C=O) groups is 1. The van der Waals surface area contributed by atoms with Crippen LogP contribution in [0.1, 0.15) is 29.3 Å². The van der Waals surface area contributed by atoms with E-state index >= 15 is 0 Å². The summed E-state index contributed by atoms with van der Waals surface area (Å²) in [6, 6.07) is 5.63. The molecule has 0 saturated carbocycles. The summed E-state index contributed by atoms with van der Waals surface area (Å²) in [5, 5.41) is 2.97. The van der Waals surface area contributed by atoms with E-state index in [-0.39, 0.29) is 11.9 Å². The molecule has 1 unspecified atom stereocenters. The van der Waals surface area contributed by atoms with E-state index in [0.717, 1.165) is 18.5 Å². The number of anilines is 1. The van der Waals surface area contributed by atoms with E-state index in [4.69, 9.17) is 5.73 Å². The van der Waals surface area contributed by atoms with Gasteiger partial charge >= 0.3 is 0 Å². The van der Waals surface area contributed by atoms with Crippen molar-refractivity contribution in [1.82, 2.24) is 10.2 Å². The van der Waals surface area contributed by atoms with Crippen molar-refractivity contribution in [2.75, 3.05) is 26.4 Å². The van der Waals surface area contributed by atoms with Crippen LogP contribution in [0.25, 0.3) is 0 Å². The summed E-state index contributed by atoms with van der Waals surface area (Å²) in [5.41, 5.74) is 8.00. The van der Waals surface area contributed by atoms with Crippen LogP contribution in [-0.2, 0) is 0 Å². The minimum atomic E-state index is -0.0984. The average molecular weight is 249 g/mol. The molecule has 0 saturated heterocycles. The fraction of sp³-hybridized carbons (Fsp3) is 0.500. The molecule has 0 aliphatic heterocycles. The molecule has 0 aromatic heterocycles. The van der Waals surface area contributed by atoms with Gasteiger partial charge in [0.05, 0.1) is 5.56 Å². The Labute approximate surface area is 109 Å². The summed E-state index contributed by atoms with van der Waals surface area (Å²) in [7, 11) is 4.04. The van der Waals surface area contributed by atoms with Gasteiger partial charge < -0.3 is 16.0 Å². The third kappa shape index (κ3) is 4.37. The fourth-order valence-corrected chi connectivity index (χ4v) is 1.71. The number of carbonyl (C=O) groups excluding carboxylic acids is 1. The number of aryl methyl sites for hydroxylation is 1. The second-order valence-electron chi connectivity index (χ2n) is 5.06. The number of nitrogen functional groups attached to an aromatic ring is 1. The van der Waals surface area contributed by atoms with E-state index < -0.39 is 0 Å². The summed E-state index contributed by atoms with van der Waals surface area (Å²) in [4.78, 5) is 14.1. The number of nitrogens with one attached hydrogen (secondary N) is 1. The van der Waals surface area contributed by atoms with E-state index in [1.54, 1.807) is 6.07 Å². The average Bonchev–Trinajstić information content (AvgIpc) is 2.26. The first-order chi connectivity index (χ1) is 8.40. The van der Waals surface area contributed by atoms with Crippen LogP contribution in [-0.4, -0.2) is 37.5 Å². The Balaban J connectivity index is 2.59. The van der Waals surface area contributed by atoms with Crippen molar-refractivity contribution < 1.29 is 4.79 Å². The van der Waals surface area contributed by atoms with Crippen LogP contribution in [0.4, 0.5) is 5.69 Å². The lowest BCUT2D eigenvalue weighted by Crippen LogP contribution is -2.35. The van der Waals surface area contributed by atoms with Crippen molar-refractivity contribution in [1.29, 1.82) is 0 Å². The summed E-state index contributed by atoms with van der Waals surface area (Å²) < 4.78 is 0. The molecule has 0 aliphatic rings. The van der Waals surface area contributed by atoms with Crippen molar-refractivity contribution in [2.24, 2.45) is 0 Å². The predicted molar refractivity (Wildman–Crippen MR) is 75.7 cm³/mol. The molecule has 0 spiro atoms. The largest absolute Gasteiger partial charge is 0.398 e. The molecule has 1 amide bonds. The van der Waals surface area contributed by atoms with Crippen LogP contribution in [0.2, 0.25) is 0 Å². The van der Waals surface area contributed by atoms with Gasteiger partial charge in [-0.05, 0) is 58.6 Å². The van der Waals surface area contributed by atoms with Crippen LogP contribution in [0.5, 0.6) is 0 Å². The molecular formula is C14H23N3O. The standard InChI is InChI=1S/C14H23N3O/c1-10-5-6-12(13(15)9-10)14(18)16-11(2)7-8-17(3)4/h5-6,9,11H,7-8,15H2,1-4H3,(H,16,18). The number of nitrogens with two attached hydrogens (primary N) is 1. The van der Waals surface area contributed by atoms with E-state index in [1.165, 1.54) is 0 Å². The minimum Gasteiger partial charge on any atom is -0.398 e. The van der Waals surface area contributed by atoms with Gasteiger partial charge in [-0.3, -0.25) is 4.79 Å². The highest BCUT2D eigenvalue weighted by molar-refractivity contribution is 5.99. The van der Waals surface area contributed by atoms with E-state index in [1.807, 2.05) is 40.1 Å². The van der Waals surface area contributed by atoms with Crippen molar-refractivity contribution in [2.45, 2.75) is 26.3 Å². The molecule has 4 heteroatoms. The zero-order chi connectivity index (χ0) is 13.7. The highest BCUT2D eigenvalue weighted by Gasteiger charge is 2.12. The lowest BCUT2D eigenvalue weighted by molar-refractivity contribution is 0.0937. The Kier molecular flexibility index (Phi) is 5.16. The first kappa shape index (κ1) is 14.5. The Hall–Kier alpha value is -1.55. The van der Waals surface area contributed by atoms with E-state index in [2.05, 4.69) is 10.2 Å². The molecule has 3 N–H and O–H groups in total. The Morgan fingerprint density at radius 2 is 2.11 bits per heavy atom. The number of nitrogens with zero attached hydrogens (tertiary/aromatic N) is 1. The summed E-state index contributed by atoms with van der Waals surface area (Å²) in [6.45, 7) is 4.91. The van der Waals surface area contributed by atoms with Crippen LogP contribution >= 0.6 is 0 Å². The van der Waals surface area contributed by atoms with Gasteiger partial charge in [-0.1, -0.05) is 6.07 Å². The Morgan fingerprint density at radius 1 is 1.44 bits per heavy atom. The number of hydrogen-bond donors (Lipinski definition) is 2. The smallest absolute Gasteiger partial charge is 0.253 e. The number of benzene rings is 1. The first-order valence-corrected chi connectivity index (χ1v) is 6.22. The van der Waals surface area contributed by atoms with Gasteiger partial charge in [-0.25, -0.2) is 0 Å². The van der Waals surface area contributed by atoms with Crippen LogP contribution in [0, 0.1) is 6.92 Å². The molecule has 0 radical (unpaired) electrons. The maximum absolute atomic E-state index is 12.0. The lowest BCUT2D eigenvalue weighted by atomic mass is 10.1.